The van der Waals surface area contributed by atoms with Gasteiger partial charge in [0, 0.05) is 0 Å². The van der Waals surface area contributed by atoms with Gasteiger partial charge in [-0.2, -0.15) is 0 Å². The molecule has 0 aromatic carbocycles. The molecule has 7 atom stereocenters. The molecule has 0 aromatic heterocycles. The summed E-state index contributed by atoms with van der Waals surface area (Å²) in [6.07, 6.45) is 18.4. The van der Waals surface area contributed by atoms with Crippen LogP contribution in [0.25, 0.3) is 0 Å². The van der Waals surface area contributed by atoms with Gasteiger partial charge in [0.2, 0.25) is 0 Å². The van der Waals surface area contributed by atoms with E-state index in [9.17, 15) is 0 Å². The summed E-state index contributed by atoms with van der Waals surface area (Å²) in [4.78, 5) is 0. The van der Waals surface area contributed by atoms with Crippen LogP contribution >= 0.6 is 0 Å². The number of fused-ring (bicyclic) bond motifs is 4. The molecule has 4 aliphatic rings. The third kappa shape index (κ3) is 3.35. The zero-order valence-corrected chi connectivity index (χ0v) is 19.7. The molecule has 0 saturated heterocycles. The summed E-state index contributed by atoms with van der Waals surface area (Å²) < 4.78 is 0. The van der Waals surface area contributed by atoms with Gasteiger partial charge in [-0.05, 0) is 125 Å². The number of hydrogen-bond acceptors (Lipinski definition) is 0. The Labute approximate surface area is 175 Å². The van der Waals surface area contributed by atoms with Crippen LogP contribution in [-0.2, 0) is 0 Å². The summed E-state index contributed by atoms with van der Waals surface area (Å²) in [5.74, 6) is 4.71. The molecule has 0 spiro atoms. The molecule has 4 aliphatic carbocycles. The lowest BCUT2D eigenvalue weighted by atomic mass is 9.50. The second-order valence-electron chi connectivity index (χ2n) is 12.1. The average Bonchev–Trinajstić information content (AvgIpc) is 2.99. The van der Waals surface area contributed by atoms with Gasteiger partial charge in [-0.15, -0.1) is 0 Å². The Bertz CT molecular complexity index is 647. The summed E-state index contributed by atoms with van der Waals surface area (Å²) in [6.45, 7) is 14.9. The number of allylic oxidation sites excluding steroid dienone is 4. The molecule has 7 unspecified atom stereocenters. The summed E-state index contributed by atoms with van der Waals surface area (Å²) >= 11 is 0. The normalized spacial score (nSPS) is 43.8. The first-order valence-electron chi connectivity index (χ1n) is 12.6. The summed E-state index contributed by atoms with van der Waals surface area (Å²) in [7, 11) is 0. The Morgan fingerprint density at radius 2 is 1.86 bits per heavy atom. The van der Waals surface area contributed by atoms with Crippen molar-refractivity contribution in [3.63, 3.8) is 0 Å². The lowest BCUT2D eigenvalue weighted by Crippen LogP contribution is -2.44. The largest absolute Gasteiger partial charge is 0.0859 e. The molecular formula is C28H46. The van der Waals surface area contributed by atoms with Crippen molar-refractivity contribution in [3.8, 4) is 0 Å². The Kier molecular flexibility index (Phi) is 5.65. The van der Waals surface area contributed by atoms with Gasteiger partial charge in [0.05, 0.1) is 0 Å². The zero-order valence-electron chi connectivity index (χ0n) is 19.7. The molecule has 0 amide bonds. The van der Waals surface area contributed by atoms with E-state index in [1.54, 1.807) is 0 Å². The highest BCUT2D eigenvalue weighted by molar-refractivity contribution is 5.34. The predicted molar refractivity (Wildman–Crippen MR) is 122 cm³/mol. The summed E-state index contributed by atoms with van der Waals surface area (Å²) in [5, 5.41) is 0. The maximum absolute atomic E-state index is 2.70. The highest BCUT2D eigenvalue weighted by atomic mass is 14.6. The minimum absolute atomic E-state index is 0.564. The molecular weight excluding hydrogens is 336 g/mol. The van der Waals surface area contributed by atoms with Gasteiger partial charge in [0.15, 0.2) is 0 Å². The third-order valence-electron chi connectivity index (χ3n) is 10.2. The number of hydrogen-bond donors (Lipinski definition) is 0. The average molecular weight is 383 g/mol. The van der Waals surface area contributed by atoms with E-state index in [0.29, 0.717) is 10.8 Å². The van der Waals surface area contributed by atoms with E-state index in [4.69, 9.17) is 0 Å². The van der Waals surface area contributed by atoms with Gasteiger partial charge in [-0.25, -0.2) is 0 Å². The minimum atomic E-state index is 0.564. The first-order valence-corrected chi connectivity index (χ1v) is 12.6. The van der Waals surface area contributed by atoms with Crippen LogP contribution in [-0.4, -0.2) is 0 Å². The fraction of sp³-hybridized carbons (Fsp3) is 0.857. The zero-order chi connectivity index (χ0) is 20.1. The van der Waals surface area contributed by atoms with Crippen LogP contribution < -0.4 is 0 Å². The van der Waals surface area contributed by atoms with E-state index in [0.717, 1.165) is 29.6 Å². The molecule has 0 heteroatoms. The fourth-order valence-corrected chi connectivity index (χ4v) is 8.49. The molecule has 28 heavy (non-hydrogen) atoms. The lowest BCUT2D eigenvalue weighted by molar-refractivity contribution is 0.0555. The summed E-state index contributed by atoms with van der Waals surface area (Å²) in [6, 6.07) is 0. The van der Waals surface area contributed by atoms with E-state index in [2.05, 4.69) is 47.6 Å². The smallest absolute Gasteiger partial charge is 0.00850 e. The molecule has 2 saturated carbocycles. The van der Waals surface area contributed by atoms with E-state index < -0.39 is 0 Å². The van der Waals surface area contributed by atoms with Gasteiger partial charge in [0.1, 0.15) is 0 Å². The molecule has 0 N–H and O–H groups in total. The molecule has 0 bridgehead atoms. The van der Waals surface area contributed by atoms with Crippen molar-refractivity contribution in [2.24, 2.45) is 40.4 Å². The van der Waals surface area contributed by atoms with Crippen LogP contribution in [0.3, 0.4) is 0 Å². The predicted octanol–water partition coefficient (Wildman–Crippen LogP) is 8.73. The molecule has 0 aliphatic heterocycles. The third-order valence-corrected chi connectivity index (χ3v) is 10.2. The van der Waals surface area contributed by atoms with Crippen LogP contribution in [0, 0.1) is 40.4 Å². The molecule has 0 nitrogen and oxygen atoms in total. The van der Waals surface area contributed by atoms with Crippen molar-refractivity contribution in [2.75, 3.05) is 0 Å². The van der Waals surface area contributed by atoms with Crippen LogP contribution in [0.2, 0.25) is 0 Å². The van der Waals surface area contributed by atoms with E-state index in [1.807, 2.05) is 11.1 Å². The minimum Gasteiger partial charge on any atom is -0.0859 e. The first kappa shape index (κ1) is 20.7. The lowest BCUT2D eigenvalue weighted by Gasteiger charge is -2.55. The maximum Gasteiger partial charge on any atom is -0.00850 e. The Morgan fingerprint density at radius 1 is 1.07 bits per heavy atom. The number of rotatable bonds is 4. The van der Waals surface area contributed by atoms with Crippen LogP contribution in [0.15, 0.2) is 22.8 Å². The van der Waals surface area contributed by atoms with Crippen molar-refractivity contribution in [1.29, 1.82) is 0 Å². The molecule has 2 fully saturated rings. The topological polar surface area (TPSA) is 0 Å². The summed E-state index contributed by atoms with van der Waals surface area (Å²) in [5.41, 5.74) is 6.61. The molecule has 0 aromatic rings. The Morgan fingerprint density at radius 3 is 2.61 bits per heavy atom. The quantitative estimate of drug-likeness (QED) is 0.426. The van der Waals surface area contributed by atoms with Gasteiger partial charge >= 0.3 is 0 Å². The first-order chi connectivity index (χ1) is 13.3. The maximum atomic E-state index is 2.70. The van der Waals surface area contributed by atoms with E-state index >= 15 is 0 Å². The molecule has 4 rings (SSSR count). The second-order valence-corrected chi connectivity index (χ2v) is 12.1. The van der Waals surface area contributed by atoms with Crippen molar-refractivity contribution in [3.05, 3.63) is 22.8 Å². The molecule has 0 radical (unpaired) electrons. The van der Waals surface area contributed by atoms with Gasteiger partial charge in [-0.1, -0.05) is 50.5 Å². The SMILES string of the molecule is CC(C)=CCCC(C)C1CCC2C3=C(CCC21C)C1(C)CCC(C)CC1CC3. The van der Waals surface area contributed by atoms with Gasteiger partial charge in [0.25, 0.3) is 0 Å². The monoisotopic (exact) mass is 382 g/mol. The van der Waals surface area contributed by atoms with Crippen LogP contribution in [0.1, 0.15) is 112 Å². The second kappa shape index (κ2) is 7.63. The van der Waals surface area contributed by atoms with Crippen molar-refractivity contribution >= 4 is 0 Å². The fourth-order valence-electron chi connectivity index (χ4n) is 8.49. The Balaban J connectivity index is 1.55. The van der Waals surface area contributed by atoms with E-state index in [-0.39, 0.29) is 0 Å². The Hall–Kier alpha value is -0.520. The van der Waals surface area contributed by atoms with Crippen molar-refractivity contribution in [2.45, 2.75) is 112 Å². The van der Waals surface area contributed by atoms with Crippen LogP contribution in [0.4, 0.5) is 0 Å². The van der Waals surface area contributed by atoms with Gasteiger partial charge < -0.3 is 0 Å². The standard InChI is InChI=1S/C28H46/c1-19(2)8-7-9-21(4)24-12-13-25-23-11-10-22-18-20(3)14-16-27(22,5)26(23)15-17-28(24,25)6/h8,20-22,24-25H,7,9-18H2,1-6H3. The highest BCUT2D eigenvalue weighted by Crippen LogP contribution is 2.66. The highest BCUT2D eigenvalue weighted by Gasteiger charge is 2.55. The van der Waals surface area contributed by atoms with Crippen molar-refractivity contribution in [1.82, 2.24) is 0 Å². The van der Waals surface area contributed by atoms with E-state index in [1.165, 1.54) is 76.2 Å². The van der Waals surface area contributed by atoms with Crippen LogP contribution in [0.5, 0.6) is 0 Å². The van der Waals surface area contributed by atoms with Gasteiger partial charge in [-0.3, -0.25) is 0 Å². The van der Waals surface area contributed by atoms with Crippen molar-refractivity contribution < 1.29 is 0 Å². The molecule has 158 valence electrons. The molecule has 0 heterocycles.